The third-order valence-electron chi connectivity index (χ3n) is 3.64. The predicted molar refractivity (Wildman–Crippen MR) is 90.1 cm³/mol. The van der Waals surface area contributed by atoms with Crippen LogP contribution in [0.25, 0.3) is 0 Å². The molecule has 0 radical (unpaired) electrons. The number of carbonyl (C=O) groups is 1. The monoisotopic (exact) mass is 326 g/mol. The molecule has 0 unspecified atom stereocenters. The Morgan fingerprint density at radius 3 is 2.42 bits per heavy atom. The summed E-state index contributed by atoms with van der Waals surface area (Å²) >= 11 is 0. The number of rotatable bonds is 4. The molecule has 0 saturated carbocycles. The molecule has 1 N–H and O–H groups in total. The smallest absolute Gasteiger partial charge is 0.271 e. The van der Waals surface area contributed by atoms with Crippen LogP contribution in [0.3, 0.4) is 0 Å². The van der Waals surface area contributed by atoms with Crippen LogP contribution in [0.5, 0.6) is 17.2 Å². The van der Waals surface area contributed by atoms with Crippen LogP contribution in [0.2, 0.25) is 0 Å². The topological polar surface area (TPSA) is 69.2 Å². The van der Waals surface area contributed by atoms with Gasteiger partial charge in [0.2, 0.25) is 0 Å². The molecule has 24 heavy (non-hydrogen) atoms. The number of nitrogens with one attached hydrogen (secondary N) is 1. The van der Waals surface area contributed by atoms with Gasteiger partial charge >= 0.3 is 0 Å². The number of nitrogens with zero attached hydrogens (tertiary/aromatic N) is 1. The SMILES string of the molecule is COc1ccc(/C(C)=N\NC(=O)c2ccc3c(c2)OCCO3)cc1. The van der Waals surface area contributed by atoms with Gasteiger partial charge in [-0.1, -0.05) is 0 Å². The number of hydrogen-bond acceptors (Lipinski definition) is 5. The molecule has 0 fully saturated rings. The third-order valence-corrected chi connectivity index (χ3v) is 3.64. The Labute approximate surface area is 140 Å². The Morgan fingerprint density at radius 1 is 1.04 bits per heavy atom. The van der Waals surface area contributed by atoms with E-state index in [-0.39, 0.29) is 5.91 Å². The number of methoxy groups -OCH3 is 1. The lowest BCUT2D eigenvalue weighted by molar-refractivity contribution is 0.0953. The van der Waals surface area contributed by atoms with Gasteiger partial charge in [-0.15, -0.1) is 0 Å². The van der Waals surface area contributed by atoms with Crippen molar-refractivity contribution in [1.29, 1.82) is 0 Å². The Morgan fingerprint density at radius 2 is 1.71 bits per heavy atom. The van der Waals surface area contributed by atoms with Crippen LogP contribution in [0.15, 0.2) is 47.6 Å². The van der Waals surface area contributed by atoms with Gasteiger partial charge in [0.05, 0.1) is 12.8 Å². The van der Waals surface area contributed by atoms with Crippen molar-refractivity contribution in [3.05, 3.63) is 53.6 Å². The van der Waals surface area contributed by atoms with Gasteiger partial charge in [-0.05, 0) is 55.0 Å². The van der Waals surface area contributed by atoms with Crippen LogP contribution < -0.4 is 19.6 Å². The van der Waals surface area contributed by atoms with Crippen molar-refractivity contribution in [1.82, 2.24) is 5.43 Å². The quantitative estimate of drug-likeness (QED) is 0.693. The number of hydrogen-bond donors (Lipinski definition) is 1. The van der Waals surface area contributed by atoms with Crippen molar-refractivity contribution in [2.24, 2.45) is 5.10 Å². The molecule has 1 aliphatic rings. The van der Waals surface area contributed by atoms with E-state index in [1.54, 1.807) is 25.3 Å². The maximum Gasteiger partial charge on any atom is 0.271 e. The molecule has 3 rings (SSSR count). The highest BCUT2D eigenvalue weighted by Gasteiger charge is 2.14. The van der Waals surface area contributed by atoms with Crippen LogP contribution in [-0.4, -0.2) is 31.9 Å². The minimum absolute atomic E-state index is 0.306. The molecule has 0 atom stereocenters. The van der Waals surface area contributed by atoms with Crippen molar-refractivity contribution < 1.29 is 19.0 Å². The second-order valence-electron chi connectivity index (χ2n) is 5.23. The molecule has 0 spiro atoms. The maximum absolute atomic E-state index is 12.2. The lowest BCUT2D eigenvalue weighted by atomic mass is 10.1. The van der Waals surface area contributed by atoms with E-state index >= 15 is 0 Å². The second-order valence-corrected chi connectivity index (χ2v) is 5.23. The number of carbonyl (C=O) groups excluding carboxylic acids is 1. The Balaban J connectivity index is 1.69. The second kappa shape index (κ2) is 7.04. The van der Waals surface area contributed by atoms with E-state index in [1.165, 1.54) is 0 Å². The van der Waals surface area contributed by atoms with Crippen molar-refractivity contribution in [3.8, 4) is 17.2 Å². The molecule has 6 heteroatoms. The lowest BCUT2D eigenvalue weighted by Crippen LogP contribution is -2.20. The average Bonchev–Trinajstić information content (AvgIpc) is 2.65. The van der Waals surface area contributed by atoms with Gasteiger partial charge in [0.15, 0.2) is 11.5 Å². The van der Waals surface area contributed by atoms with Crippen molar-refractivity contribution >= 4 is 11.6 Å². The summed E-state index contributed by atoms with van der Waals surface area (Å²) in [6, 6.07) is 12.5. The van der Waals surface area contributed by atoms with Crippen molar-refractivity contribution in [2.45, 2.75) is 6.92 Å². The van der Waals surface area contributed by atoms with Gasteiger partial charge in [0, 0.05) is 5.56 Å². The molecular weight excluding hydrogens is 308 g/mol. The summed E-state index contributed by atoms with van der Waals surface area (Å²) in [6.45, 7) is 2.82. The van der Waals surface area contributed by atoms with Gasteiger partial charge in [-0.25, -0.2) is 5.43 Å². The van der Waals surface area contributed by atoms with E-state index < -0.39 is 0 Å². The molecule has 2 aromatic carbocycles. The number of ether oxygens (including phenoxy) is 3. The standard InChI is InChI=1S/C18H18N2O4/c1-12(13-3-6-15(22-2)7-4-13)19-20-18(21)14-5-8-16-17(11-14)24-10-9-23-16/h3-8,11H,9-10H2,1-2H3,(H,20,21)/b19-12-. The Hall–Kier alpha value is -3.02. The lowest BCUT2D eigenvalue weighted by Gasteiger charge is -2.18. The zero-order valence-electron chi connectivity index (χ0n) is 13.5. The molecule has 124 valence electrons. The first-order chi connectivity index (χ1) is 11.7. The first-order valence-electron chi connectivity index (χ1n) is 7.56. The van der Waals surface area contributed by atoms with Gasteiger partial charge in [0.1, 0.15) is 19.0 Å². The zero-order chi connectivity index (χ0) is 16.9. The van der Waals surface area contributed by atoms with Crippen LogP contribution in [-0.2, 0) is 0 Å². The van der Waals surface area contributed by atoms with Crippen LogP contribution >= 0.6 is 0 Å². The van der Waals surface area contributed by atoms with Crippen LogP contribution in [0.4, 0.5) is 0 Å². The summed E-state index contributed by atoms with van der Waals surface area (Å²) in [5.41, 5.74) is 4.62. The highest BCUT2D eigenvalue weighted by molar-refractivity contribution is 6.01. The molecule has 2 aromatic rings. The summed E-state index contributed by atoms with van der Waals surface area (Å²) in [5, 5.41) is 4.14. The molecule has 6 nitrogen and oxygen atoms in total. The van der Waals surface area contributed by atoms with E-state index in [1.807, 2.05) is 31.2 Å². The number of fused-ring (bicyclic) bond motifs is 1. The molecule has 0 aromatic heterocycles. The van der Waals surface area contributed by atoms with Crippen LogP contribution in [0, 0.1) is 0 Å². The van der Waals surface area contributed by atoms with Gasteiger partial charge in [0.25, 0.3) is 5.91 Å². The summed E-state index contributed by atoms with van der Waals surface area (Å²) < 4.78 is 16.0. The molecule has 1 aliphatic heterocycles. The number of hydrazone groups is 1. The minimum Gasteiger partial charge on any atom is -0.497 e. The fourth-order valence-corrected chi connectivity index (χ4v) is 2.28. The summed E-state index contributed by atoms with van der Waals surface area (Å²) in [7, 11) is 1.61. The van der Waals surface area contributed by atoms with Gasteiger partial charge in [-0.2, -0.15) is 5.10 Å². The third kappa shape index (κ3) is 3.48. The highest BCUT2D eigenvalue weighted by atomic mass is 16.6. The molecule has 0 saturated heterocycles. The fourth-order valence-electron chi connectivity index (χ4n) is 2.28. The van der Waals surface area contributed by atoms with E-state index in [4.69, 9.17) is 14.2 Å². The molecular formula is C18H18N2O4. The fraction of sp³-hybridized carbons (Fsp3) is 0.222. The molecule has 0 bridgehead atoms. The first-order valence-corrected chi connectivity index (χ1v) is 7.56. The largest absolute Gasteiger partial charge is 0.497 e. The van der Waals surface area contributed by atoms with Gasteiger partial charge in [-0.3, -0.25) is 4.79 Å². The minimum atomic E-state index is -0.306. The van der Waals surface area contributed by atoms with Gasteiger partial charge < -0.3 is 14.2 Å². The summed E-state index contributed by atoms with van der Waals surface area (Å²) in [4.78, 5) is 12.2. The van der Waals surface area contributed by atoms with E-state index in [0.717, 1.165) is 11.3 Å². The molecule has 1 heterocycles. The van der Waals surface area contributed by atoms with E-state index in [2.05, 4.69) is 10.5 Å². The summed E-state index contributed by atoms with van der Waals surface area (Å²) in [5.74, 6) is 1.69. The maximum atomic E-state index is 12.2. The Bertz CT molecular complexity index is 769. The molecule has 0 aliphatic carbocycles. The van der Waals surface area contributed by atoms with Crippen LogP contribution in [0.1, 0.15) is 22.8 Å². The van der Waals surface area contributed by atoms with E-state index in [0.29, 0.717) is 36.0 Å². The zero-order valence-corrected chi connectivity index (χ0v) is 13.5. The average molecular weight is 326 g/mol. The number of benzene rings is 2. The summed E-state index contributed by atoms with van der Waals surface area (Å²) in [6.07, 6.45) is 0. The predicted octanol–water partition coefficient (Wildman–Crippen LogP) is 2.62. The molecule has 1 amide bonds. The van der Waals surface area contributed by atoms with Crippen molar-refractivity contribution in [2.75, 3.05) is 20.3 Å². The number of amides is 1. The van der Waals surface area contributed by atoms with Crippen molar-refractivity contribution in [3.63, 3.8) is 0 Å². The Kier molecular flexibility index (Phi) is 4.65. The van der Waals surface area contributed by atoms with E-state index in [9.17, 15) is 4.79 Å². The normalized spacial score (nSPS) is 13.3. The first kappa shape index (κ1) is 15.9. The highest BCUT2D eigenvalue weighted by Crippen LogP contribution is 2.30.